The van der Waals surface area contributed by atoms with E-state index in [9.17, 15) is 4.79 Å². The molecule has 0 spiro atoms. The van der Waals surface area contributed by atoms with Crippen LogP contribution in [0.15, 0.2) is 48.8 Å². The molecule has 0 aliphatic carbocycles. The van der Waals surface area contributed by atoms with Crippen LogP contribution in [-0.2, 0) is 17.8 Å². The van der Waals surface area contributed by atoms with Gasteiger partial charge in [-0.3, -0.25) is 9.67 Å². The van der Waals surface area contributed by atoms with E-state index in [1.807, 2.05) is 68.8 Å². The Labute approximate surface area is 182 Å². The Morgan fingerprint density at radius 1 is 1.03 bits per heavy atom. The number of amides is 1. The number of rotatable bonds is 4. The van der Waals surface area contributed by atoms with Gasteiger partial charge in [-0.05, 0) is 69.7 Å². The van der Waals surface area contributed by atoms with Crippen LogP contribution in [0.4, 0.5) is 4.79 Å². The van der Waals surface area contributed by atoms with Crippen molar-refractivity contribution in [2.24, 2.45) is 0 Å². The number of carbonyl (C=O) groups excluding carboxylic acids is 1. The quantitative estimate of drug-likeness (QED) is 0.609. The molecule has 4 rings (SSSR count). The van der Waals surface area contributed by atoms with Crippen LogP contribution < -0.4 is 4.74 Å². The molecular weight excluding hydrogens is 392 g/mol. The molecule has 0 N–H and O–H groups in total. The molecule has 1 aromatic carbocycles. The van der Waals surface area contributed by atoms with Crippen LogP contribution in [-0.4, -0.2) is 44.5 Å². The molecule has 2 aromatic heterocycles. The molecule has 0 bridgehead atoms. The monoisotopic (exact) mass is 420 g/mol. The van der Waals surface area contributed by atoms with Crippen molar-refractivity contribution < 1.29 is 14.3 Å². The molecule has 7 nitrogen and oxygen atoms in total. The summed E-state index contributed by atoms with van der Waals surface area (Å²) in [5.74, 6) is 0.830. The van der Waals surface area contributed by atoms with Gasteiger partial charge in [-0.2, -0.15) is 5.10 Å². The first-order valence-corrected chi connectivity index (χ1v) is 10.6. The summed E-state index contributed by atoms with van der Waals surface area (Å²) >= 11 is 0. The first kappa shape index (κ1) is 20.9. The molecule has 7 heteroatoms. The van der Waals surface area contributed by atoms with Gasteiger partial charge in [-0.1, -0.05) is 0 Å². The molecule has 0 saturated heterocycles. The first-order chi connectivity index (χ1) is 14.9. The van der Waals surface area contributed by atoms with E-state index in [2.05, 4.69) is 4.98 Å². The van der Waals surface area contributed by atoms with Crippen LogP contribution in [0.3, 0.4) is 0 Å². The lowest BCUT2D eigenvalue weighted by molar-refractivity contribution is 0.0195. The second kappa shape index (κ2) is 8.41. The number of ether oxygens (including phenoxy) is 2. The number of carbonyl (C=O) groups is 1. The summed E-state index contributed by atoms with van der Waals surface area (Å²) in [6, 6.07) is 11.9. The van der Waals surface area contributed by atoms with Crippen molar-refractivity contribution in [3.8, 4) is 28.1 Å². The number of benzene rings is 1. The topological polar surface area (TPSA) is 69.5 Å². The van der Waals surface area contributed by atoms with Crippen molar-refractivity contribution in [3.63, 3.8) is 0 Å². The Morgan fingerprint density at radius 3 is 2.39 bits per heavy atom. The Hall–Kier alpha value is -3.35. The summed E-state index contributed by atoms with van der Waals surface area (Å²) in [4.78, 5) is 18.6. The Kier molecular flexibility index (Phi) is 5.67. The van der Waals surface area contributed by atoms with Crippen LogP contribution in [0.25, 0.3) is 22.4 Å². The van der Waals surface area contributed by atoms with Gasteiger partial charge in [0.2, 0.25) is 0 Å². The fourth-order valence-corrected chi connectivity index (χ4v) is 3.70. The SMILES string of the molecule is CCOc1ccc(-c2nn3c(c2-c2ccncc2)CN(C(=O)OC(C)(C)C)CC3)cc1. The largest absolute Gasteiger partial charge is 0.494 e. The molecule has 0 radical (unpaired) electrons. The third-order valence-electron chi connectivity index (χ3n) is 5.04. The minimum atomic E-state index is -0.532. The van der Waals surface area contributed by atoms with E-state index in [1.54, 1.807) is 17.3 Å². The van der Waals surface area contributed by atoms with Gasteiger partial charge in [0.25, 0.3) is 0 Å². The van der Waals surface area contributed by atoms with Crippen LogP contribution >= 0.6 is 0 Å². The van der Waals surface area contributed by atoms with E-state index in [0.717, 1.165) is 33.8 Å². The number of hydrogen-bond acceptors (Lipinski definition) is 5. The van der Waals surface area contributed by atoms with E-state index < -0.39 is 5.60 Å². The second-order valence-corrected chi connectivity index (χ2v) is 8.49. The molecule has 162 valence electrons. The Morgan fingerprint density at radius 2 is 1.74 bits per heavy atom. The molecule has 0 unspecified atom stereocenters. The zero-order chi connectivity index (χ0) is 22.0. The summed E-state index contributed by atoms with van der Waals surface area (Å²) in [5.41, 5.74) is 4.38. The molecular formula is C24H28N4O3. The third-order valence-corrected chi connectivity index (χ3v) is 5.04. The predicted octanol–water partition coefficient (Wildman–Crippen LogP) is 4.76. The number of pyridine rings is 1. The van der Waals surface area contributed by atoms with E-state index in [4.69, 9.17) is 14.6 Å². The van der Waals surface area contributed by atoms with E-state index in [0.29, 0.717) is 26.2 Å². The van der Waals surface area contributed by atoms with Gasteiger partial charge >= 0.3 is 6.09 Å². The maximum atomic E-state index is 12.7. The maximum Gasteiger partial charge on any atom is 0.410 e. The van der Waals surface area contributed by atoms with Crippen molar-refractivity contribution in [3.05, 3.63) is 54.5 Å². The first-order valence-electron chi connectivity index (χ1n) is 10.6. The Bertz CT molecular complexity index is 1050. The molecule has 1 aliphatic rings. The van der Waals surface area contributed by atoms with E-state index in [-0.39, 0.29) is 6.09 Å². The smallest absolute Gasteiger partial charge is 0.410 e. The van der Waals surface area contributed by atoms with Crippen molar-refractivity contribution >= 4 is 6.09 Å². The van der Waals surface area contributed by atoms with E-state index in [1.165, 1.54) is 0 Å². The molecule has 0 saturated carbocycles. The number of aromatic nitrogens is 3. The van der Waals surface area contributed by atoms with Gasteiger partial charge in [0.1, 0.15) is 17.0 Å². The summed E-state index contributed by atoms with van der Waals surface area (Å²) in [6.07, 6.45) is 3.24. The van der Waals surface area contributed by atoms with Crippen molar-refractivity contribution in [2.75, 3.05) is 13.2 Å². The molecule has 3 heterocycles. The molecule has 0 atom stereocenters. The van der Waals surface area contributed by atoms with Gasteiger partial charge in [0, 0.05) is 30.1 Å². The highest BCUT2D eigenvalue weighted by Crippen LogP contribution is 2.37. The lowest BCUT2D eigenvalue weighted by Crippen LogP contribution is -2.41. The Balaban J connectivity index is 1.74. The van der Waals surface area contributed by atoms with Crippen molar-refractivity contribution in [1.29, 1.82) is 0 Å². The van der Waals surface area contributed by atoms with Gasteiger partial charge in [0.15, 0.2) is 0 Å². The average Bonchev–Trinajstić information content (AvgIpc) is 3.12. The fraction of sp³-hybridized carbons (Fsp3) is 0.375. The number of fused-ring (bicyclic) bond motifs is 1. The molecule has 31 heavy (non-hydrogen) atoms. The lowest BCUT2D eigenvalue weighted by Gasteiger charge is -2.30. The summed E-state index contributed by atoms with van der Waals surface area (Å²) in [7, 11) is 0. The van der Waals surface area contributed by atoms with Crippen molar-refractivity contribution in [2.45, 2.75) is 46.4 Å². The average molecular weight is 421 g/mol. The predicted molar refractivity (Wildman–Crippen MR) is 119 cm³/mol. The molecule has 3 aromatic rings. The summed E-state index contributed by atoms with van der Waals surface area (Å²) in [5, 5.41) is 4.92. The van der Waals surface area contributed by atoms with Crippen LogP contribution in [0, 0.1) is 0 Å². The number of nitrogens with zero attached hydrogens (tertiary/aromatic N) is 4. The zero-order valence-electron chi connectivity index (χ0n) is 18.5. The normalized spacial score (nSPS) is 13.6. The highest BCUT2D eigenvalue weighted by Gasteiger charge is 2.30. The zero-order valence-corrected chi connectivity index (χ0v) is 18.5. The second-order valence-electron chi connectivity index (χ2n) is 8.49. The maximum absolute atomic E-state index is 12.7. The third kappa shape index (κ3) is 4.55. The minimum absolute atomic E-state index is 0.303. The fourth-order valence-electron chi connectivity index (χ4n) is 3.70. The highest BCUT2D eigenvalue weighted by molar-refractivity contribution is 5.83. The van der Waals surface area contributed by atoms with Crippen LogP contribution in [0.1, 0.15) is 33.4 Å². The molecule has 1 aliphatic heterocycles. The number of hydrogen-bond donors (Lipinski definition) is 0. The van der Waals surface area contributed by atoms with Crippen LogP contribution in [0.5, 0.6) is 5.75 Å². The van der Waals surface area contributed by atoms with Gasteiger partial charge in [-0.25, -0.2) is 4.79 Å². The molecule has 0 fully saturated rings. The highest BCUT2D eigenvalue weighted by atomic mass is 16.6. The van der Waals surface area contributed by atoms with Gasteiger partial charge in [-0.15, -0.1) is 0 Å². The summed E-state index contributed by atoms with van der Waals surface area (Å²) in [6.45, 7) is 9.85. The van der Waals surface area contributed by atoms with Crippen molar-refractivity contribution in [1.82, 2.24) is 19.7 Å². The van der Waals surface area contributed by atoms with Gasteiger partial charge < -0.3 is 14.4 Å². The lowest BCUT2D eigenvalue weighted by atomic mass is 9.99. The van der Waals surface area contributed by atoms with Crippen LogP contribution in [0.2, 0.25) is 0 Å². The summed E-state index contributed by atoms with van der Waals surface area (Å²) < 4.78 is 13.2. The minimum Gasteiger partial charge on any atom is -0.494 e. The van der Waals surface area contributed by atoms with Gasteiger partial charge in [0.05, 0.1) is 25.4 Å². The van der Waals surface area contributed by atoms with E-state index >= 15 is 0 Å². The molecule has 1 amide bonds. The standard InChI is InChI=1S/C24H28N4O3/c1-5-30-19-8-6-18(7-9-19)22-21(17-10-12-25-13-11-17)20-16-27(14-15-28(20)26-22)23(29)31-24(2,3)4/h6-13H,5,14-16H2,1-4H3.